The first-order valence-electron chi connectivity index (χ1n) is 5.82. The molecule has 0 radical (unpaired) electrons. The van der Waals surface area contributed by atoms with Crippen LogP contribution in [0.2, 0.25) is 0 Å². The van der Waals surface area contributed by atoms with Gasteiger partial charge in [-0.15, -0.1) is 11.3 Å². The minimum Gasteiger partial charge on any atom is -0.307 e. The van der Waals surface area contributed by atoms with Gasteiger partial charge in [-0.3, -0.25) is 4.79 Å². The molecule has 1 saturated heterocycles. The molecule has 2 aromatic rings. The molecular formula is C14H7F2NOS3. The first-order chi connectivity index (χ1) is 10.0. The van der Waals surface area contributed by atoms with Crippen LogP contribution in [0.4, 0.5) is 8.78 Å². The lowest BCUT2D eigenvalue weighted by molar-refractivity contribution is -0.115. The molecule has 1 fully saturated rings. The van der Waals surface area contributed by atoms with Crippen molar-refractivity contribution in [1.29, 1.82) is 0 Å². The van der Waals surface area contributed by atoms with Crippen LogP contribution in [0.3, 0.4) is 0 Å². The summed E-state index contributed by atoms with van der Waals surface area (Å²) in [6, 6.07) is 5.22. The van der Waals surface area contributed by atoms with Crippen LogP contribution in [0.25, 0.3) is 17.2 Å². The van der Waals surface area contributed by atoms with E-state index >= 15 is 0 Å². The normalized spacial score (nSPS) is 16.6. The molecule has 0 spiro atoms. The van der Waals surface area contributed by atoms with Gasteiger partial charge in [-0.25, -0.2) is 8.78 Å². The fraction of sp³-hybridized carbons (Fsp3) is 0. The summed E-state index contributed by atoms with van der Waals surface area (Å²) < 4.78 is 27.1. The van der Waals surface area contributed by atoms with Crippen LogP contribution in [-0.4, -0.2) is 10.2 Å². The lowest BCUT2D eigenvalue weighted by atomic mass is 10.1. The number of thiophene rings is 1. The minimum atomic E-state index is -0.610. The van der Waals surface area contributed by atoms with E-state index in [0.717, 1.165) is 10.9 Å². The third-order valence-corrected chi connectivity index (χ3v) is 4.82. The Labute approximate surface area is 132 Å². The van der Waals surface area contributed by atoms with E-state index in [1.54, 1.807) is 17.5 Å². The van der Waals surface area contributed by atoms with Crippen molar-refractivity contribution in [3.05, 3.63) is 51.1 Å². The highest BCUT2D eigenvalue weighted by Crippen LogP contribution is 2.32. The van der Waals surface area contributed by atoms with E-state index in [1.807, 2.05) is 0 Å². The fourth-order valence-corrected chi connectivity index (χ4v) is 3.79. The van der Waals surface area contributed by atoms with Crippen LogP contribution in [-0.2, 0) is 4.79 Å². The third-order valence-electron chi connectivity index (χ3n) is 2.78. The van der Waals surface area contributed by atoms with E-state index in [-0.39, 0.29) is 5.91 Å². The lowest BCUT2D eigenvalue weighted by Crippen LogP contribution is -2.17. The summed E-state index contributed by atoms with van der Waals surface area (Å²) >= 11 is 7.48. The fourth-order valence-electron chi connectivity index (χ4n) is 1.84. The van der Waals surface area contributed by atoms with Gasteiger partial charge >= 0.3 is 0 Å². The predicted molar refractivity (Wildman–Crippen MR) is 86.0 cm³/mol. The van der Waals surface area contributed by atoms with Gasteiger partial charge in [0.1, 0.15) is 16.0 Å². The van der Waals surface area contributed by atoms with Crippen molar-refractivity contribution >= 4 is 51.6 Å². The van der Waals surface area contributed by atoms with Crippen molar-refractivity contribution in [2.24, 2.45) is 0 Å². The van der Waals surface area contributed by atoms with Crippen LogP contribution in [0, 0.1) is 11.6 Å². The molecule has 1 aliphatic rings. The number of hydrogen-bond donors (Lipinski definition) is 1. The summed E-state index contributed by atoms with van der Waals surface area (Å²) in [7, 11) is 0. The van der Waals surface area contributed by atoms with E-state index in [0.29, 0.717) is 20.4 Å². The van der Waals surface area contributed by atoms with Crippen LogP contribution >= 0.6 is 35.3 Å². The zero-order valence-corrected chi connectivity index (χ0v) is 12.8. The van der Waals surface area contributed by atoms with Crippen molar-refractivity contribution in [1.82, 2.24) is 5.32 Å². The predicted octanol–water partition coefficient (Wildman–Crippen LogP) is 4.18. The Balaban J connectivity index is 1.92. The van der Waals surface area contributed by atoms with E-state index in [1.165, 1.54) is 35.2 Å². The number of hydrogen-bond acceptors (Lipinski definition) is 4. The average Bonchev–Trinajstić information content (AvgIpc) is 2.97. The molecule has 1 amide bonds. The Hall–Kier alpha value is -1.57. The summed E-state index contributed by atoms with van der Waals surface area (Å²) in [6.07, 6.45) is 1.70. The zero-order valence-electron chi connectivity index (χ0n) is 10.4. The van der Waals surface area contributed by atoms with Crippen LogP contribution in [0.1, 0.15) is 4.88 Å². The third kappa shape index (κ3) is 3.04. The second-order valence-electron chi connectivity index (χ2n) is 4.21. The van der Waals surface area contributed by atoms with Gasteiger partial charge < -0.3 is 5.32 Å². The summed E-state index contributed by atoms with van der Waals surface area (Å²) in [5.41, 5.74) is 0.978. The molecule has 0 unspecified atom stereocenters. The Kier molecular flexibility index (Phi) is 3.88. The van der Waals surface area contributed by atoms with Gasteiger partial charge in [0.05, 0.1) is 4.91 Å². The molecule has 7 heteroatoms. The highest BCUT2D eigenvalue weighted by molar-refractivity contribution is 8.26. The van der Waals surface area contributed by atoms with Gasteiger partial charge in [0.15, 0.2) is 0 Å². The minimum absolute atomic E-state index is 0.229. The van der Waals surface area contributed by atoms with Crippen molar-refractivity contribution in [3.8, 4) is 11.1 Å². The zero-order chi connectivity index (χ0) is 15.0. The highest BCUT2D eigenvalue weighted by atomic mass is 32.2. The molecule has 0 bridgehead atoms. The first-order valence-corrected chi connectivity index (χ1v) is 7.92. The van der Waals surface area contributed by atoms with Crippen LogP contribution < -0.4 is 5.32 Å². The molecule has 1 aliphatic heterocycles. The maximum absolute atomic E-state index is 13.7. The largest absolute Gasteiger partial charge is 0.307 e. The van der Waals surface area contributed by atoms with Crippen LogP contribution in [0.5, 0.6) is 0 Å². The van der Waals surface area contributed by atoms with Crippen molar-refractivity contribution < 1.29 is 13.6 Å². The Morgan fingerprint density at radius 2 is 2.05 bits per heavy atom. The van der Waals surface area contributed by atoms with E-state index < -0.39 is 11.6 Å². The average molecular weight is 339 g/mol. The molecule has 1 N–H and O–H groups in total. The molecule has 2 nitrogen and oxygen atoms in total. The molecule has 0 saturated carbocycles. The van der Waals surface area contributed by atoms with Gasteiger partial charge in [-0.05, 0) is 35.2 Å². The lowest BCUT2D eigenvalue weighted by Gasteiger charge is -1.99. The maximum atomic E-state index is 13.7. The van der Waals surface area contributed by atoms with Crippen LogP contribution in [0.15, 0.2) is 34.6 Å². The van der Waals surface area contributed by atoms with E-state index in [9.17, 15) is 13.6 Å². The maximum Gasteiger partial charge on any atom is 0.263 e. The van der Waals surface area contributed by atoms with E-state index in [4.69, 9.17) is 12.2 Å². The van der Waals surface area contributed by atoms with Crippen molar-refractivity contribution in [2.75, 3.05) is 0 Å². The smallest absolute Gasteiger partial charge is 0.263 e. The topological polar surface area (TPSA) is 29.1 Å². The monoisotopic (exact) mass is 339 g/mol. The molecule has 21 heavy (non-hydrogen) atoms. The molecule has 1 aromatic carbocycles. The Morgan fingerprint density at radius 3 is 2.71 bits per heavy atom. The Morgan fingerprint density at radius 1 is 1.24 bits per heavy atom. The van der Waals surface area contributed by atoms with Crippen molar-refractivity contribution in [3.63, 3.8) is 0 Å². The first kappa shape index (κ1) is 14.4. The second-order valence-corrected chi connectivity index (χ2v) is 6.88. The molecule has 3 rings (SSSR count). The van der Waals surface area contributed by atoms with Gasteiger partial charge in [-0.2, -0.15) is 0 Å². The number of benzene rings is 1. The SMILES string of the molecule is O=C1NC(=S)SC1=Cc1cc(-c2ccc(F)cc2F)cs1. The number of nitrogens with one attached hydrogen (secondary N) is 1. The number of carbonyl (C=O) groups is 1. The van der Waals surface area contributed by atoms with Gasteiger partial charge in [0.25, 0.3) is 5.91 Å². The molecule has 106 valence electrons. The molecule has 2 heterocycles. The van der Waals surface area contributed by atoms with Crippen molar-refractivity contribution in [2.45, 2.75) is 0 Å². The van der Waals surface area contributed by atoms with Gasteiger partial charge in [-0.1, -0.05) is 24.0 Å². The van der Waals surface area contributed by atoms with E-state index in [2.05, 4.69) is 5.32 Å². The number of amides is 1. The molecular weight excluding hydrogens is 332 g/mol. The highest BCUT2D eigenvalue weighted by Gasteiger charge is 2.22. The second kappa shape index (κ2) is 5.67. The molecule has 0 atom stereocenters. The molecule has 1 aromatic heterocycles. The molecule has 0 aliphatic carbocycles. The number of halogens is 2. The number of rotatable bonds is 2. The number of thiocarbonyl (C=S) groups is 1. The summed E-state index contributed by atoms with van der Waals surface area (Å²) in [4.78, 5) is 12.9. The number of thioether (sulfide) groups is 1. The quantitative estimate of drug-likeness (QED) is 0.657. The van der Waals surface area contributed by atoms with Gasteiger partial charge in [0, 0.05) is 16.5 Å². The number of carbonyl (C=O) groups excluding carboxylic acids is 1. The van der Waals surface area contributed by atoms with Gasteiger partial charge in [0.2, 0.25) is 0 Å². The summed E-state index contributed by atoms with van der Waals surface area (Å²) in [5, 5.41) is 4.29. The summed E-state index contributed by atoms with van der Waals surface area (Å²) in [5.74, 6) is -1.45. The summed E-state index contributed by atoms with van der Waals surface area (Å²) in [6.45, 7) is 0. The standard InChI is InChI=1S/C14H7F2NOS3/c15-8-1-2-10(11(16)4-8)7-3-9(20-6-7)5-12-13(18)17-14(19)21-12/h1-6H,(H,17,18,19). The Bertz CT molecular complexity index is 782.